The molecule has 0 spiro atoms. The lowest BCUT2D eigenvalue weighted by molar-refractivity contribution is -0.0932. The number of nitrogens with one attached hydrogen (secondary N) is 1. The molecule has 1 unspecified atom stereocenters. The fourth-order valence-electron chi connectivity index (χ4n) is 3.33. The Bertz CT molecular complexity index is 466. The molecule has 120 valence electrons. The van der Waals surface area contributed by atoms with Crippen molar-refractivity contribution in [3.8, 4) is 5.88 Å². The van der Waals surface area contributed by atoms with E-state index in [1.807, 2.05) is 14.0 Å². The zero-order valence-electron chi connectivity index (χ0n) is 14.0. The van der Waals surface area contributed by atoms with Gasteiger partial charge in [-0.05, 0) is 32.6 Å². The number of ether oxygens (including phenoxy) is 2. The highest BCUT2D eigenvalue weighted by molar-refractivity contribution is 5.30. The molecule has 1 N–H and O–H groups in total. The van der Waals surface area contributed by atoms with Crippen LogP contribution in [0.25, 0.3) is 0 Å². The third kappa shape index (κ3) is 3.40. The number of rotatable bonds is 6. The van der Waals surface area contributed by atoms with E-state index in [1.165, 1.54) is 0 Å². The van der Waals surface area contributed by atoms with Crippen molar-refractivity contribution >= 4 is 0 Å². The zero-order valence-corrected chi connectivity index (χ0v) is 14.0. The van der Waals surface area contributed by atoms with Crippen molar-refractivity contribution in [1.29, 1.82) is 0 Å². The molecule has 1 atom stereocenters. The fraction of sp³-hybridized carbons (Fsp3) is 0.812. The minimum absolute atomic E-state index is 0.0595. The molecule has 0 aliphatic carbocycles. The summed E-state index contributed by atoms with van der Waals surface area (Å²) in [6.45, 7) is 8.13. The summed E-state index contributed by atoms with van der Waals surface area (Å²) < 4.78 is 13.3. The van der Waals surface area contributed by atoms with E-state index in [1.54, 1.807) is 11.8 Å². The van der Waals surface area contributed by atoms with Crippen LogP contribution in [0.2, 0.25) is 0 Å². The molecule has 0 radical (unpaired) electrons. The van der Waals surface area contributed by atoms with Gasteiger partial charge in [-0.3, -0.25) is 0 Å². The van der Waals surface area contributed by atoms with Gasteiger partial charge in [0.1, 0.15) is 0 Å². The van der Waals surface area contributed by atoms with Crippen LogP contribution >= 0.6 is 0 Å². The van der Waals surface area contributed by atoms with E-state index in [-0.39, 0.29) is 5.60 Å². The monoisotopic (exact) mass is 295 g/mol. The van der Waals surface area contributed by atoms with Crippen LogP contribution < -0.4 is 10.1 Å². The van der Waals surface area contributed by atoms with Crippen LogP contribution in [0.4, 0.5) is 0 Å². The summed E-state index contributed by atoms with van der Waals surface area (Å²) in [7, 11) is 3.62. The van der Waals surface area contributed by atoms with Gasteiger partial charge in [0.25, 0.3) is 0 Å². The van der Waals surface area contributed by atoms with Gasteiger partial charge in [-0.1, -0.05) is 13.8 Å². The number of methoxy groups -OCH3 is 1. The predicted molar refractivity (Wildman–Crippen MR) is 83.6 cm³/mol. The molecule has 1 saturated heterocycles. The average molecular weight is 295 g/mol. The van der Waals surface area contributed by atoms with E-state index in [0.717, 1.165) is 56.0 Å². The van der Waals surface area contributed by atoms with Gasteiger partial charge in [0.2, 0.25) is 5.88 Å². The lowest BCUT2D eigenvalue weighted by atomic mass is 9.86. The van der Waals surface area contributed by atoms with Gasteiger partial charge in [0, 0.05) is 26.2 Å². The third-order valence-corrected chi connectivity index (χ3v) is 4.83. The fourth-order valence-corrected chi connectivity index (χ4v) is 3.33. The van der Waals surface area contributed by atoms with Crippen LogP contribution in [0.15, 0.2) is 0 Å². The molecule has 0 amide bonds. The smallest absolute Gasteiger partial charge is 0.216 e. The second kappa shape index (κ2) is 6.79. The quantitative estimate of drug-likeness (QED) is 0.876. The lowest BCUT2D eigenvalue weighted by Crippen LogP contribution is -2.46. The van der Waals surface area contributed by atoms with Gasteiger partial charge >= 0.3 is 0 Å². The van der Waals surface area contributed by atoms with Crippen LogP contribution in [0.3, 0.4) is 0 Å². The summed E-state index contributed by atoms with van der Waals surface area (Å²) in [6, 6.07) is 0.503. The Hall–Kier alpha value is -1.07. The van der Waals surface area contributed by atoms with E-state index >= 15 is 0 Å². The topological polar surface area (TPSA) is 48.3 Å². The SMILES string of the molecule is CCC1(CC)CC(NCc2c(C)nn(C)c2OC)CCO1. The second-order valence-electron chi connectivity index (χ2n) is 6.01. The molecule has 2 rings (SSSR count). The van der Waals surface area contributed by atoms with Gasteiger partial charge in [-0.2, -0.15) is 5.10 Å². The maximum absolute atomic E-state index is 6.04. The minimum Gasteiger partial charge on any atom is -0.481 e. The molecule has 1 aliphatic rings. The first-order valence-electron chi connectivity index (χ1n) is 7.99. The molecule has 21 heavy (non-hydrogen) atoms. The maximum atomic E-state index is 6.04. The van der Waals surface area contributed by atoms with Gasteiger partial charge in [0.05, 0.1) is 24.0 Å². The first kappa shape index (κ1) is 16.3. The van der Waals surface area contributed by atoms with Crippen molar-refractivity contribution in [3.05, 3.63) is 11.3 Å². The zero-order chi connectivity index (χ0) is 15.5. The van der Waals surface area contributed by atoms with E-state index in [2.05, 4.69) is 24.3 Å². The van der Waals surface area contributed by atoms with Crippen molar-refractivity contribution in [2.45, 2.75) is 64.6 Å². The van der Waals surface area contributed by atoms with Crippen LogP contribution in [-0.2, 0) is 18.3 Å². The van der Waals surface area contributed by atoms with Crippen LogP contribution in [0, 0.1) is 6.92 Å². The number of hydrogen-bond acceptors (Lipinski definition) is 4. The van der Waals surface area contributed by atoms with Crippen molar-refractivity contribution in [3.63, 3.8) is 0 Å². The maximum Gasteiger partial charge on any atom is 0.216 e. The van der Waals surface area contributed by atoms with Gasteiger partial charge in [-0.15, -0.1) is 0 Å². The average Bonchev–Trinajstić information content (AvgIpc) is 2.78. The van der Waals surface area contributed by atoms with E-state index < -0.39 is 0 Å². The molecule has 5 nitrogen and oxygen atoms in total. The summed E-state index contributed by atoms with van der Waals surface area (Å²) in [5.41, 5.74) is 2.25. The lowest BCUT2D eigenvalue weighted by Gasteiger charge is -2.40. The predicted octanol–water partition coefficient (Wildman–Crippen LogP) is 2.56. The standard InChI is InChI=1S/C16H29N3O2/c1-6-16(7-2)10-13(8-9-21-16)17-11-14-12(3)18-19(4)15(14)20-5/h13,17H,6-11H2,1-5H3. The molecule has 0 bridgehead atoms. The molecule has 0 aromatic carbocycles. The van der Waals surface area contributed by atoms with Crippen molar-refractivity contribution in [2.75, 3.05) is 13.7 Å². The summed E-state index contributed by atoms with van der Waals surface area (Å²) >= 11 is 0. The number of nitrogens with zero attached hydrogens (tertiary/aromatic N) is 2. The Kier molecular flexibility index (Phi) is 5.27. The van der Waals surface area contributed by atoms with E-state index in [0.29, 0.717) is 6.04 Å². The normalized spacial score (nSPS) is 21.5. The second-order valence-corrected chi connectivity index (χ2v) is 6.01. The van der Waals surface area contributed by atoms with E-state index in [9.17, 15) is 0 Å². The molecule has 1 aromatic heterocycles. The molecule has 1 aliphatic heterocycles. The number of aromatic nitrogens is 2. The third-order valence-electron chi connectivity index (χ3n) is 4.83. The molecule has 2 heterocycles. The summed E-state index contributed by atoms with van der Waals surface area (Å²) in [5, 5.41) is 8.11. The van der Waals surface area contributed by atoms with Crippen LogP contribution in [-0.4, -0.2) is 35.1 Å². The Balaban J connectivity index is 2.00. The van der Waals surface area contributed by atoms with Crippen molar-refractivity contribution in [1.82, 2.24) is 15.1 Å². The highest BCUT2D eigenvalue weighted by atomic mass is 16.5. The van der Waals surface area contributed by atoms with Crippen LogP contribution in [0.1, 0.15) is 50.8 Å². The molecule has 0 saturated carbocycles. The molecular weight excluding hydrogens is 266 g/mol. The minimum atomic E-state index is 0.0595. The first-order chi connectivity index (χ1) is 10.0. The molecule has 1 fully saturated rings. The van der Waals surface area contributed by atoms with Gasteiger partial charge < -0.3 is 14.8 Å². The molecule has 5 heteroatoms. The summed E-state index contributed by atoms with van der Waals surface area (Å²) in [4.78, 5) is 0. The van der Waals surface area contributed by atoms with Crippen molar-refractivity contribution in [2.24, 2.45) is 7.05 Å². The molecule has 1 aromatic rings. The number of aryl methyl sites for hydroxylation is 2. The summed E-state index contributed by atoms with van der Waals surface area (Å²) in [6.07, 6.45) is 4.32. The highest BCUT2D eigenvalue weighted by Gasteiger charge is 2.34. The number of hydrogen-bond donors (Lipinski definition) is 1. The Morgan fingerprint density at radius 1 is 1.43 bits per heavy atom. The Labute approximate surface area is 128 Å². The summed E-state index contributed by atoms with van der Waals surface area (Å²) in [5.74, 6) is 0.851. The van der Waals surface area contributed by atoms with Crippen molar-refractivity contribution < 1.29 is 9.47 Å². The first-order valence-corrected chi connectivity index (χ1v) is 7.99. The largest absolute Gasteiger partial charge is 0.481 e. The Morgan fingerprint density at radius 2 is 2.14 bits per heavy atom. The Morgan fingerprint density at radius 3 is 2.76 bits per heavy atom. The van der Waals surface area contributed by atoms with Gasteiger partial charge in [0.15, 0.2) is 0 Å². The highest BCUT2D eigenvalue weighted by Crippen LogP contribution is 2.31. The van der Waals surface area contributed by atoms with Crippen LogP contribution in [0.5, 0.6) is 5.88 Å². The van der Waals surface area contributed by atoms with Gasteiger partial charge in [-0.25, -0.2) is 4.68 Å². The molecular formula is C16H29N3O2. The van der Waals surface area contributed by atoms with E-state index in [4.69, 9.17) is 9.47 Å².